The molecule has 0 N–H and O–H groups in total. The van der Waals surface area contributed by atoms with E-state index in [1.807, 2.05) is 24.3 Å². The third-order valence-corrected chi connectivity index (χ3v) is 8.31. The van der Waals surface area contributed by atoms with E-state index in [1.165, 1.54) is 22.5 Å². The first-order valence-corrected chi connectivity index (χ1v) is 12.7. The fourth-order valence-electron chi connectivity index (χ4n) is 4.14. The molecule has 0 radical (unpaired) electrons. The normalized spacial score (nSPS) is 16.9. The number of carbonyl (C=O) groups is 2. The van der Waals surface area contributed by atoms with Crippen LogP contribution in [0.4, 0.5) is 4.79 Å². The summed E-state index contributed by atoms with van der Waals surface area (Å²) in [6.45, 7) is 4.05. The Kier molecular flexibility index (Phi) is 6.92. The van der Waals surface area contributed by atoms with Crippen molar-refractivity contribution >= 4 is 33.6 Å². The predicted molar refractivity (Wildman–Crippen MR) is 124 cm³/mol. The van der Waals surface area contributed by atoms with Crippen molar-refractivity contribution in [1.29, 1.82) is 0 Å². The van der Waals surface area contributed by atoms with Crippen LogP contribution in [0.1, 0.15) is 28.4 Å². The van der Waals surface area contributed by atoms with Crippen molar-refractivity contribution in [3.05, 3.63) is 64.2 Å². The van der Waals surface area contributed by atoms with Crippen LogP contribution in [-0.4, -0.2) is 73.9 Å². The van der Waals surface area contributed by atoms with Crippen molar-refractivity contribution in [1.82, 2.24) is 14.1 Å². The molecule has 0 saturated carbocycles. The lowest BCUT2D eigenvalue weighted by Crippen LogP contribution is -2.50. The monoisotopic (exact) mass is 491 g/mol. The molecule has 0 atom stereocenters. The first kappa shape index (κ1) is 23.5. The number of rotatable bonds is 4. The molecule has 0 aromatic heterocycles. The van der Waals surface area contributed by atoms with Gasteiger partial charge in [-0.15, -0.1) is 0 Å². The van der Waals surface area contributed by atoms with E-state index in [0.29, 0.717) is 45.8 Å². The van der Waals surface area contributed by atoms with Crippen LogP contribution in [0.3, 0.4) is 0 Å². The van der Waals surface area contributed by atoms with E-state index in [4.69, 9.17) is 16.3 Å². The first-order valence-electron chi connectivity index (χ1n) is 10.9. The summed E-state index contributed by atoms with van der Waals surface area (Å²) in [6, 6.07) is 12.1. The Hall–Kier alpha value is -2.62. The van der Waals surface area contributed by atoms with Crippen LogP contribution in [-0.2, 0) is 27.7 Å². The molecule has 2 aromatic rings. The maximum Gasteiger partial charge on any atom is 0.409 e. The summed E-state index contributed by atoms with van der Waals surface area (Å²) in [7, 11) is -3.89. The lowest BCUT2D eigenvalue weighted by atomic mass is 10.0. The van der Waals surface area contributed by atoms with Crippen LogP contribution < -0.4 is 0 Å². The zero-order valence-electron chi connectivity index (χ0n) is 18.4. The molecule has 1 saturated heterocycles. The van der Waals surface area contributed by atoms with Gasteiger partial charge in [-0.3, -0.25) is 4.79 Å². The topological polar surface area (TPSA) is 87.2 Å². The minimum atomic E-state index is -3.89. The van der Waals surface area contributed by atoms with Gasteiger partial charge in [0.25, 0.3) is 5.91 Å². The van der Waals surface area contributed by atoms with Crippen LogP contribution in [0, 0.1) is 0 Å². The number of hydrogen-bond acceptors (Lipinski definition) is 5. The van der Waals surface area contributed by atoms with Crippen LogP contribution >= 0.6 is 11.6 Å². The van der Waals surface area contributed by atoms with E-state index in [-0.39, 0.29) is 27.9 Å². The van der Waals surface area contributed by atoms with Gasteiger partial charge < -0.3 is 14.5 Å². The molecule has 4 rings (SSSR count). The molecule has 2 amide bonds. The number of amides is 2. The third kappa shape index (κ3) is 4.85. The number of piperazine rings is 1. The van der Waals surface area contributed by atoms with Gasteiger partial charge in [0.1, 0.15) is 4.90 Å². The molecule has 0 bridgehead atoms. The fraction of sp³-hybridized carbons (Fsp3) is 0.391. The Morgan fingerprint density at radius 1 is 0.970 bits per heavy atom. The van der Waals surface area contributed by atoms with Gasteiger partial charge >= 0.3 is 6.09 Å². The number of carbonyl (C=O) groups excluding carboxylic acids is 2. The highest BCUT2D eigenvalue weighted by Crippen LogP contribution is 2.30. The van der Waals surface area contributed by atoms with E-state index in [0.717, 1.165) is 11.1 Å². The number of fused-ring (bicyclic) bond motifs is 1. The molecule has 0 aliphatic carbocycles. The highest BCUT2D eigenvalue weighted by molar-refractivity contribution is 7.89. The van der Waals surface area contributed by atoms with Crippen molar-refractivity contribution in [2.45, 2.75) is 24.8 Å². The van der Waals surface area contributed by atoms with Crippen LogP contribution in [0.15, 0.2) is 47.4 Å². The van der Waals surface area contributed by atoms with Crippen molar-refractivity contribution in [3.63, 3.8) is 0 Å². The molecule has 2 aliphatic rings. The van der Waals surface area contributed by atoms with E-state index in [9.17, 15) is 18.0 Å². The van der Waals surface area contributed by atoms with Gasteiger partial charge in [-0.25, -0.2) is 13.2 Å². The summed E-state index contributed by atoms with van der Waals surface area (Å²) >= 11 is 6.29. The Balaban J connectivity index is 1.51. The molecule has 2 aromatic carbocycles. The average molecular weight is 492 g/mol. The highest BCUT2D eigenvalue weighted by atomic mass is 35.5. The summed E-state index contributed by atoms with van der Waals surface area (Å²) in [6.07, 6.45) is 0.226. The summed E-state index contributed by atoms with van der Waals surface area (Å²) in [4.78, 5) is 28.0. The van der Waals surface area contributed by atoms with Crippen LogP contribution in [0.5, 0.6) is 0 Å². The molecule has 0 spiro atoms. The summed E-state index contributed by atoms with van der Waals surface area (Å²) in [5.41, 5.74) is 2.36. The SMILES string of the molecule is CCOC(=O)N1CCN(C(=O)c2ccc(Cl)c(S(=O)(=O)N3CCc4ccccc4C3)c2)CC1. The second kappa shape index (κ2) is 9.70. The third-order valence-electron chi connectivity index (χ3n) is 5.98. The quantitative estimate of drug-likeness (QED) is 0.656. The maximum absolute atomic E-state index is 13.4. The van der Waals surface area contributed by atoms with E-state index >= 15 is 0 Å². The number of nitrogens with zero attached hydrogens (tertiary/aromatic N) is 3. The highest BCUT2D eigenvalue weighted by Gasteiger charge is 2.32. The Morgan fingerprint density at radius 2 is 1.64 bits per heavy atom. The molecular weight excluding hydrogens is 466 g/mol. The minimum absolute atomic E-state index is 0.0699. The fourth-order valence-corrected chi connectivity index (χ4v) is 6.06. The number of ether oxygens (including phenoxy) is 1. The lowest BCUT2D eigenvalue weighted by molar-refractivity contribution is 0.0570. The van der Waals surface area contributed by atoms with Gasteiger partial charge in [0, 0.05) is 44.8 Å². The summed E-state index contributed by atoms with van der Waals surface area (Å²) < 4.78 is 33.2. The minimum Gasteiger partial charge on any atom is -0.450 e. The van der Waals surface area contributed by atoms with Gasteiger partial charge in [-0.05, 0) is 42.7 Å². The number of halogens is 1. The number of benzene rings is 2. The van der Waals surface area contributed by atoms with Crippen LogP contribution in [0.2, 0.25) is 5.02 Å². The van der Waals surface area contributed by atoms with Crippen molar-refractivity contribution in [2.75, 3.05) is 39.3 Å². The smallest absolute Gasteiger partial charge is 0.409 e. The van der Waals surface area contributed by atoms with E-state index in [1.54, 1.807) is 16.7 Å². The van der Waals surface area contributed by atoms with Gasteiger partial charge in [0.2, 0.25) is 10.0 Å². The van der Waals surface area contributed by atoms with E-state index in [2.05, 4.69) is 0 Å². The molecule has 8 nitrogen and oxygen atoms in total. The zero-order valence-corrected chi connectivity index (χ0v) is 19.9. The van der Waals surface area contributed by atoms with Gasteiger partial charge in [-0.2, -0.15) is 4.31 Å². The number of hydrogen-bond donors (Lipinski definition) is 0. The molecule has 1 fully saturated rings. The summed E-state index contributed by atoms with van der Waals surface area (Å²) in [5, 5.41) is 0.0811. The first-order chi connectivity index (χ1) is 15.8. The van der Waals surface area contributed by atoms with Gasteiger partial charge in [-0.1, -0.05) is 35.9 Å². The maximum atomic E-state index is 13.4. The molecule has 176 valence electrons. The lowest BCUT2D eigenvalue weighted by Gasteiger charge is -2.34. The van der Waals surface area contributed by atoms with Crippen molar-refractivity contribution in [2.24, 2.45) is 0 Å². The molecule has 0 unspecified atom stereocenters. The molecule has 33 heavy (non-hydrogen) atoms. The second-order valence-electron chi connectivity index (χ2n) is 7.98. The predicted octanol–water partition coefficient (Wildman–Crippen LogP) is 3.00. The van der Waals surface area contributed by atoms with E-state index < -0.39 is 16.1 Å². The standard InChI is InChI=1S/C23H26ClN3O5S/c1-2-32-23(29)26-13-11-25(12-14-26)22(28)18-7-8-20(24)21(15-18)33(30,31)27-10-9-17-5-3-4-6-19(17)16-27/h3-8,15H,2,9-14,16H2,1H3. The molecule has 2 heterocycles. The van der Waals surface area contributed by atoms with Crippen LogP contribution in [0.25, 0.3) is 0 Å². The average Bonchev–Trinajstić information content (AvgIpc) is 2.83. The Bertz CT molecular complexity index is 1160. The Morgan fingerprint density at radius 3 is 2.33 bits per heavy atom. The largest absolute Gasteiger partial charge is 0.450 e. The molecular formula is C23H26ClN3O5S. The second-order valence-corrected chi connectivity index (χ2v) is 10.3. The zero-order chi connectivity index (χ0) is 23.6. The summed E-state index contributed by atoms with van der Waals surface area (Å²) in [5.74, 6) is -0.296. The molecule has 2 aliphatic heterocycles. The Labute approximate surface area is 198 Å². The van der Waals surface area contributed by atoms with Crippen molar-refractivity contribution < 1.29 is 22.7 Å². The van der Waals surface area contributed by atoms with Gasteiger partial charge in [0.15, 0.2) is 0 Å². The van der Waals surface area contributed by atoms with Crippen molar-refractivity contribution in [3.8, 4) is 0 Å². The number of sulfonamides is 1. The van der Waals surface area contributed by atoms with Gasteiger partial charge in [0.05, 0.1) is 11.6 Å². The molecule has 10 heteroatoms.